The molecule has 1 aromatic heterocycles. The maximum atomic E-state index is 12.2. The predicted octanol–water partition coefficient (Wildman–Crippen LogP) is 2.85. The molecule has 2 aromatic rings. The van der Waals surface area contributed by atoms with Crippen LogP contribution in [-0.2, 0) is 0 Å². The van der Waals surface area contributed by atoms with Crippen LogP contribution in [0, 0.1) is 0 Å². The molecule has 0 saturated carbocycles. The lowest BCUT2D eigenvalue weighted by molar-refractivity contribution is 0.0687. The van der Waals surface area contributed by atoms with E-state index in [0.717, 1.165) is 12.0 Å². The van der Waals surface area contributed by atoms with E-state index in [2.05, 4.69) is 23.8 Å². The first-order valence-corrected chi connectivity index (χ1v) is 6.46. The van der Waals surface area contributed by atoms with Gasteiger partial charge in [-0.3, -0.25) is 4.79 Å². The molecule has 1 unspecified atom stereocenters. The van der Waals surface area contributed by atoms with Crippen molar-refractivity contribution in [1.82, 2.24) is 9.97 Å². The quantitative estimate of drug-likeness (QED) is 0.820. The minimum absolute atomic E-state index is 0.0613. The van der Waals surface area contributed by atoms with E-state index in [9.17, 15) is 9.59 Å². The van der Waals surface area contributed by atoms with Crippen LogP contribution in [0.1, 0.15) is 58.3 Å². The lowest BCUT2D eigenvalue weighted by Gasteiger charge is -2.09. The number of hydrogen-bond acceptors (Lipinski definition) is 3. The molecule has 0 bridgehead atoms. The van der Waals surface area contributed by atoms with E-state index in [-0.39, 0.29) is 17.2 Å². The van der Waals surface area contributed by atoms with Gasteiger partial charge in [0.05, 0.1) is 6.33 Å². The number of imidazole rings is 1. The summed E-state index contributed by atoms with van der Waals surface area (Å²) in [5, 5.41) is 8.98. The van der Waals surface area contributed by atoms with Gasteiger partial charge in [-0.15, -0.1) is 0 Å². The van der Waals surface area contributed by atoms with Crippen LogP contribution in [0.25, 0.3) is 0 Å². The van der Waals surface area contributed by atoms with E-state index in [1.54, 1.807) is 12.1 Å². The number of carbonyl (C=O) groups excluding carboxylic acids is 1. The number of rotatable bonds is 5. The second-order valence-electron chi connectivity index (χ2n) is 4.69. The van der Waals surface area contributed by atoms with Gasteiger partial charge >= 0.3 is 5.97 Å². The Labute approximate surface area is 116 Å². The van der Waals surface area contributed by atoms with Gasteiger partial charge in [0.25, 0.3) is 0 Å². The maximum absolute atomic E-state index is 12.2. The van der Waals surface area contributed by atoms with Crippen molar-refractivity contribution < 1.29 is 14.7 Å². The average molecular weight is 272 g/mol. The SMILES string of the molecule is CCC(C)c1ccc(C(=O)c2nc[nH]c2C(=O)O)cc1. The lowest BCUT2D eigenvalue weighted by atomic mass is 9.96. The summed E-state index contributed by atoms with van der Waals surface area (Å²) >= 11 is 0. The smallest absolute Gasteiger partial charge is 0.354 e. The van der Waals surface area contributed by atoms with Gasteiger partial charge in [0.2, 0.25) is 5.78 Å². The molecule has 0 aliphatic rings. The zero-order chi connectivity index (χ0) is 14.7. The minimum Gasteiger partial charge on any atom is -0.477 e. The third-order valence-corrected chi connectivity index (χ3v) is 3.42. The second-order valence-corrected chi connectivity index (χ2v) is 4.69. The van der Waals surface area contributed by atoms with Crippen LogP contribution >= 0.6 is 0 Å². The molecule has 5 nitrogen and oxygen atoms in total. The average Bonchev–Trinajstić information content (AvgIpc) is 2.95. The highest BCUT2D eigenvalue weighted by Crippen LogP contribution is 2.20. The highest BCUT2D eigenvalue weighted by Gasteiger charge is 2.20. The molecule has 2 rings (SSSR count). The number of aromatic carboxylic acids is 1. The van der Waals surface area contributed by atoms with Crippen molar-refractivity contribution in [3.63, 3.8) is 0 Å². The molecule has 1 aromatic carbocycles. The van der Waals surface area contributed by atoms with Gasteiger partial charge in [-0.1, -0.05) is 38.1 Å². The van der Waals surface area contributed by atoms with E-state index in [1.807, 2.05) is 12.1 Å². The van der Waals surface area contributed by atoms with Crippen molar-refractivity contribution in [2.24, 2.45) is 0 Å². The molecular formula is C15H16N2O3. The van der Waals surface area contributed by atoms with Gasteiger partial charge < -0.3 is 10.1 Å². The fourth-order valence-corrected chi connectivity index (χ4v) is 1.96. The van der Waals surface area contributed by atoms with Crippen LogP contribution in [0.2, 0.25) is 0 Å². The molecule has 0 radical (unpaired) electrons. The molecule has 2 N–H and O–H groups in total. The number of carbonyl (C=O) groups is 2. The molecule has 1 heterocycles. The summed E-state index contributed by atoms with van der Waals surface area (Å²) in [5.41, 5.74) is 1.35. The number of benzene rings is 1. The van der Waals surface area contributed by atoms with Gasteiger partial charge in [-0.25, -0.2) is 9.78 Å². The Balaban J connectivity index is 2.30. The summed E-state index contributed by atoms with van der Waals surface area (Å²) in [4.78, 5) is 29.5. The first-order valence-electron chi connectivity index (χ1n) is 6.46. The van der Waals surface area contributed by atoms with Gasteiger partial charge in [0.1, 0.15) is 5.69 Å². The van der Waals surface area contributed by atoms with Crippen LogP contribution in [0.3, 0.4) is 0 Å². The summed E-state index contributed by atoms with van der Waals surface area (Å²) in [7, 11) is 0. The summed E-state index contributed by atoms with van der Waals surface area (Å²) in [5.74, 6) is -1.15. The van der Waals surface area contributed by atoms with Crippen molar-refractivity contribution >= 4 is 11.8 Å². The number of carboxylic acids is 1. The Morgan fingerprint density at radius 2 is 1.95 bits per heavy atom. The summed E-state index contributed by atoms with van der Waals surface area (Å²) in [6.45, 7) is 4.22. The Morgan fingerprint density at radius 1 is 1.30 bits per heavy atom. The largest absolute Gasteiger partial charge is 0.477 e. The molecule has 20 heavy (non-hydrogen) atoms. The normalized spacial score (nSPS) is 12.1. The fraction of sp³-hybridized carbons (Fsp3) is 0.267. The van der Waals surface area contributed by atoms with Crippen LogP contribution < -0.4 is 0 Å². The Hall–Kier alpha value is -2.43. The van der Waals surface area contributed by atoms with Crippen molar-refractivity contribution in [2.75, 3.05) is 0 Å². The Morgan fingerprint density at radius 3 is 2.50 bits per heavy atom. The van der Waals surface area contributed by atoms with E-state index in [1.165, 1.54) is 6.33 Å². The molecular weight excluding hydrogens is 256 g/mol. The van der Waals surface area contributed by atoms with Gasteiger partial charge in [-0.05, 0) is 17.9 Å². The van der Waals surface area contributed by atoms with Gasteiger partial charge in [-0.2, -0.15) is 0 Å². The maximum Gasteiger partial charge on any atom is 0.354 e. The summed E-state index contributed by atoms with van der Waals surface area (Å²) in [6, 6.07) is 7.22. The van der Waals surface area contributed by atoms with Crippen LogP contribution in [0.4, 0.5) is 0 Å². The van der Waals surface area contributed by atoms with Gasteiger partial charge in [0, 0.05) is 5.56 Å². The van der Waals surface area contributed by atoms with Crippen LogP contribution in [0.15, 0.2) is 30.6 Å². The van der Waals surface area contributed by atoms with Crippen LogP contribution in [-0.4, -0.2) is 26.8 Å². The van der Waals surface area contributed by atoms with Crippen molar-refractivity contribution in [1.29, 1.82) is 0 Å². The Bertz CT molecular complexity index is 629. The van der Waals surface area contributed by atoms with E-state index < -0.39 is 5.97 Å². The molecule has 0 spiro atoms. The third-order valence-electron chi connectivity index (χ3n) is 3.42. The number of aromatic amines is 1. The van der Waals surface area contributed by atoms with Crippen molar-refractivity contribution in [3.05, 3.63) is 53.1 Å². The standard InChI is InChI=1S/C15H16N2O3/c1-3-9(2)10-4-6-11(7-5-10)14(18)12-13(15(19)20)17-8-16-12/h4-9H,3H2,1-2H3,(H,16,17)(H,19,20). The topological polar surface area (TPSA) is 83.0 Å². The molecule has 1 atom stereocenters. The highest BCUT2D eigenvalue weighted by molar-refractivity contribution is 6.12. The number of hydrogen-bond donors (Lipinski definition) is 2. The first-order chi connectivity index (χ1) is 9.54. The van der Waals surface area contributed by atoms with Gasteiger partial charge in [0.15, 0.2) is 5.69 Å². The number of H-pyrrole nitrogens is 1. The number of nitrogens with zero attached hydrogens (tertiary/aromatic N) is 1. The zero-order valence-corrected chi connectivity index (χ0v) is 11.4. The Kier molecular flexibility index (Phi) is 3.98. The van der Waals surface area contributed by atoms with Crippen molar-refractivity contribution in [3.8, 4) is 0 Å². The fourth-order valence-electron chi connectivity index (χ4n) is 1.96. The molecule has 0 aliphatic heterocycles. The molecule has 0 aliphatic carbocycles. The van der Waals surface area contributed by atoms with Crippen molar-refractivity contribution in [2.45, 2.75) is 26.2 Å². The van der Waals surface area contributed by atoms with E-state index in [0.29, 0.717) is 11.5 Å². The number of nitrogens with one attached hydrogen (secondary N) is 1. The van der Waals surface area contributed by atoms with E-state index in [4.69, 9.17) is 5.11 Å². The second kappa shape index (κ2) is 5.69. The lowest BCUT2D eigenvalue weighted by Crippen LogP contribution is -2.09. The monoisotopic (exact) mass is 272 g/mol. The van der Waals surface area contributed by atoms with E-state index >= 15 is 0 Å². The first kappa shape index (κ1) is 14.0. The number of aromatic nitrogens is 2. The molecule has 5 heteroatoms. The third kappa shape index (κ3) is 2.61. The molecule has 104 valence electrons. The minimum atomic E-state index is -1.19. The molecule has 0 saturated heterocycles. The number of carboxylic acid groups (broad SMARTS) is 1. The zero-order valence-electron chi connectivity index (χ0n) is 11.4. The molecule has 0 amide bonds. The summed E-state index contributed by atoms with van der Waals surface area (Å²) in [6.07, 6.45) is 2.24. The number of ketones is 1. The highest BCUT2D eigenvalue weighted by atomic mass is 16.4. The molecule has 0 fully saturated rings. The predicted molar refractivity (Wildman–Crippen MR) is 74.1 cm³/mol. The van der Waals surface area contributed by atoms with Crippen LogP contribution in [0.5, 0.6) is 0 Å². The summed E-state index contributed by atoms with van der Waals surface area (Å²) < 4.78 is 0.